The van der Waals surface area contributed by atoms with Gasteiger partial charge >= 0.3 is 0 Å². The molecule has 0 saturated carbocycles. The van der Waals surface area contributed by atoms with E-state index in [1.807, 2.05) is 44.2 Å². The number of benzene rings is 1. The molecule has 0 amide bonds. The molecule has 4 nitrogen and oxygen atoms in total. The molecule has 84 valence electrons. The van der Waals surface area contributed by atoms with Crippen LogP contribution in [0.25, 0.3) is 0 Å². The van der Waals surface area contributed by atoms with Gasteiger partial charge in [0.05, 0.1) is 0 Å². The minimum Gasteiger partial charge on any atom is -0.623 e. The number of rotatable bonds is 1. The Balaban J connectivity index is 2.49. The summed E-state index contributed by atoms with van der Waals surface area (Å²) in [6.07, 6.45) is 2.72. The first kappa shape index (κ1) is 10.7. The van der Waals surface area contributed by atoms with E-state index in [0.29, 0.717) is 0 Å². The van der Waals surface area contributed by atoms with Crippen LogP contribution in [-0.4, -0.2) is 32.7 Å². The van der Waals surface area contributed by atoms with Crippen LogP contribution in [0.2, 0.25) is 0 Å². The van der Waals surface area contributed by atoms with E-state index in [0.717, 1.165) is 15.0 Å². The van der Waals surface area contributed by atoms with Crippen molar-refractivity contribution in [3.63, 3.8) is 0 Å². The van der Waals surface area contributed by atoms with Gasteiger partial charge in [0.25, 0.3) is 12.3 Å². The number of hydroxylamine groups is 2. The van der Waals surface area contributed by atoms with E-state index in [1.165, 1.54) is 12.4 Å². The molecular formula is C12H15N2O2+. The molecule has 0 spiro atoms. The quantitative estimate of drug-likeness (QED) is 0.443. The van der Waals surface area contributed by atoms with Crippen molar-refractivity contribution < 1.29 is 14.7 Å². The van der Waals surface area contributed by atoms with Crippen molar-refractivity contribution in [2.75, 3.05) is 0 Å². The fraction of sp³-hybridized carbons (Fsp3) is 0.333. The SMILES string of the molecule is CC1(C)[C@@H](c2ccccc2)[N+](O)=CC=[N+]1[O-]. The van der Waals surface area contributed by atoms with E-state index in [-0.39, 0.29) is 6.04 Å². The second-order valence-corrected chi connectivity index (χ2v) is 4.47. The predicted octanol–water partition coefficient (Wildman–Crippen LogP) is 1.57. The van der Waals surface area contributed by atoms with Crippen molar-refractivity contribution in [1.82, 2.24) is 0 Å². The molecular weight excluding hydrogens is 204 g/mol. The average molecular weight is 219 g/mol. The van der Waals surface area contributed by atoms with Crippen LogP contribution >= 0.6 is 0 Å². The molecule has 2 rings (SSSR count). The Bertz CT molecular complexity index is 449. The van der Waals surface area contributed by atoms with E-state index >= 15 is 0 Å². The molecule has 0 aromatic heterocycles. The van der Waals surface area contributed by atoms with Gasteiger partial charge in [0.1, 0.15) is 0 Å². The van der Waals surface area contributed by atoms with Crippen molar-refractivity contribution in [2.45, 2.75) is 25.4 Å². The third-order valence-corrected chi connectivity index (χ3v) is 2.97. The van der Waals surface area contributed by atoms with E-state index in [9.17, 15) is 10.4 Å². The maximum absolute atomic E-state index is 11.7. The topological polar surface area (TPSA) is 49.3 Å². The summed E-state index contributed by atoms with van der Waals surface area (Å²) in [4.78, 5) is 0. The van der Waals surface area contributed by atoms with E-state index < -0.39 is 5.54 Å². The zero-order valence-corrected chi connectivity index (χ0v) is 9.37. The molecule has 1 aliphatic rings. The molecule has 0 saturated heterocycles. The van der Waals surface area contributed by atoms with Crippen LogP contribution in [0, 0.1) is 5.21 Å². The molecule has 1 atom stereocenters. The summed E-state index contributed by atoms with van der Waals surface area (Å²) in [7, 11) is 0. The normalized spacial score (nSPS) is 23.5. The zero-order chi connectivity index (χ0) is 11.8. The minimum absolute atomic E-state index is 0.365. The largest absolute Gasteiger partial charge is 0.623 e. The Kier molecular flexibility index (Phi) is 2.42. The molecule has 4 heteroatoms. The fourth-order valence-electron chi connectivity index (χ4n) is 2.05. The molecule has 1 aromatic rings. The summed E-state index contributed by atoms with van der Waals surface area (Å²) in [5.74, 6) is 0. The molecule has 16 heavy (non-hydrogen) atoms. The van der Waals surface area contributed by atoms with Gasteiger partial charge in [-0.1, -0.05) is 30.3 Å². The second-order valence-electron chi connectivity index (χ2n) is 4.47. The molecule has 1 aliphatic heterocycles. The van der Waals surface area contributed by atoms with Crippen LogP contribution in [0.1, 0.15) is 25.5 Å². The number of nitrogens with zero attached hydrogens (tertiary/aromatic N) is 2. The van der Waals surface area contributed by atoms with Gasteiger partial charge in [0, 0.05) is 19.4 Å². The fourth-order valence-corrected chi connectivity index (χ4v) is 2.05. The molecule has 0 radical (unpaired) electrons. The highest BCUT2D eigenvalue weighted by molar-refractivity contribution is 6.11. The maximum atomic E-state index is 11.7. The third kappa shape index (κ3) is 1.56. The van der Waals surface area contributed by atoms with Crippen molar-refractivity contribution in [2.24, 2.45) is 0 Å². The number of hydrogen-bond donors (Lipinski definition) is 1. The maximum Gasteiger partial charge on any atom is 0.290 e. The highest BCUT2D eigenvalue weighted by Gasteiger charge is 2.49. The lowest BCUT2D eigenvalue weighted by Gasteiger charge is -2.28. The van der Waals surface area contributed by atoms with Crippen LogP contribution < -0.4 is 0 Å². The Morgan fingerprint density at radius 1 is 1.19 bits per heavy atom. The first-order valence-electron chi connectivity index (χ1n) is 5.20. The summed E-state index contributed by atoms with van der Waals surface area (Å²) in [6.45, 7) is 3.62. The van der Waals surface area contributed by atoms with Gasteiger partial charge in [0.2, 0.25) is 11.8 Å². The van der Waals surface area contributed by atoms with Gasteiger partial charge in [-0.05, 0) is 4.74 Å². The summed E-state index contributed by atoms with van der Waals surface area (Å²) < 4.78 is 1.96. The highest BCUT2D eigenvalue weighted by atomic mass is 16.5. The van der Waals surface area contributed by atoms with E-state index in [2.05, 4.69) is 0 Å². The van der Waals surface area contributed by atoms with Crippen LogP contribution in [0.5, 0.6) is 0 Å². The van der Waals surface area contributed by atoms with Gasteiger partial charge in [-0.25, -0.2) is 0 Å². The molecule has 1 heterocycles. The van der Waals surface area contributed by atoms with E-state index in [1.54, 1.807) is 0 Å². The van der Waals surface area contributed by atoms with Gasteiger partial charge < -0.3 is 5.21 Å². The lowest BCUT2D eigenvalue weighted by molar-refractivity contribution is -0.831. The predicted molar refractivity (Wildman–Crippen MR) is 61.1 cm³/mol. The first-order valence-corrected chi connectivity index (χ1v) is 5.20. The Morgan fingerprint density at radius 2 is 1.81 bits per heavy atom. The van der Waals surface area contributed by atoms with Crippen molar-refractivity contribution in [1.29, 1.82) is 0 Å². The minimum atomic E-state index is -0.704. The Hall–Kier alpha value is -1.84. The van der Waals surface area contributed by atoms with Crippen LogP contribution in [0.3, 0.4) is 0 Å². The van der Waals surface area contributed by atoms with E-state index in [4.69, 9.17) is 0 Å². The first-order chi connectivity index (χ1) is 7.53. The van der Waals surface area contributed by atoms with Gasteiger partial charge in [-0.15, -0.1) is 0 Å². The molecule has 0 aliphatic carbocycles. The lowest BCUT2D eigenvalue weighted by Crippen LogP contribution is -2.48. The van der Waals surface area contributed by atoms with Gasteiger partial charge in [-0.3, -0.25) is 5.21 Å². The summed E-state index contributed by atoms with van der Waals surface area (Å²) in [5, 5.41) is 21.6. The second kappa shape index (κ2) is 3.63. The highest BCUT2D eigenvalue weighted by Crippen LogP contribution is 2.31. The Morgan fingerprint density at radius 3 is 2.44 bits per heavy atom. The van der Waals surface area contributed by atoms with Crippen LogP contribution in [0.15, 0.2) is 30.3 Å². The van der Waals surface area contributed by atoms with Gasteiger partial charge in [0.15, 0.2) is 0 Å². The summed E-state index contributed by atoms with van der Waals surface area (Å²) in [6, 6.07) is 9.15. The van der Waals surface area contributed by atoms with Crippen LogP contribution in [-0.2, 0) is 0 Å². The summed E-state index contributed by atoms with van der Waals surface area (Å²) in [5.41, 5.74) is 0.213. The molecule has 1 aromatic carbocycles. The smallest absolute Gasteiger partial charge is 0.290 e. The lowest BCUT2D eigenvalue weighted by atomic mass is 9.88. The third-order valence-electron chi connectivity index (χ3n) is 2.97. The van der Waals surface area contributed by atoms with Crippen molar-refractivity contribution in [3.8, 4) is 0 Å². The molecule has 0 unspecified atom stereocenters. The summed E-state index contributed by atoms with van der Waals surface area (Å²) >= 11 is 0. The van der Waals surface area contributed by atoms with Crippen LogP contribution in [0.4, 0.5) is 0 Å². The van der Waals surface area contributed by atoms with Crippen molar-refractivity contribution >= 4 is 12.4 Å². The van der Waals surface area contributed by atoms with Gasteiger partial charge in [-0.2, -0.15) is 4.74 Å². The average Bonchev–Trinajstić information content (AvgIpc) is 2.25. The Labute approximate surface area is 94.3 Å². The number of hydrogen-bond acceptors (Lipinski definition) is 2. The molecule has 0 bridgehead atoms. The monoisotopic (exact) mass is 219 g/mol. The zero-order valence-electron chi connectivity index (χ0n) is 9.37. The molecule has 0 fully saturated rings. The van der Waals surface area contributed by atoms with Crippen molar-refractivity contribution in [3.05, 3.63) is 41.1 Å². The standard InChI is InChI=1S/C12H15N2O2/c1-12(2)11(10-6-4-3-5-7-10)13(15)8-9-14(12)16/h3-9,11,15H,1-2H3/q+1/t11-/m1/s1. The molecule has 1 N–H and O–H groups in total.